The highest BCUT2D eigenvalue weighted by Gasteiger charge is 2.39. The number of benzene rings is 1. The Bertz CT molecular complexity index is 659. The molecule has 1 aliphatic heterocycles. The molecule has 2 aliphatic carbocycles. The molecule has 1 aromatic carbocycles. The van der Waals surface area contributed by atoms with E-state index in [1.807, 2.05) is 4.90 Å². The standard InChI is InChI=1S/C20H26F2N2O2/c21-14-5-8-17(18(22)11-14)19-12-23(9-10-26-19)13-20(25)24(16-6-7-16)15-3-1-2-4-15/h5,8,11,15-16,19H,1-4,6-7,9-10,12-13H2. The molecule has 1 amide bonds. The quantitative estimate of drug-likeness (QED) is 0.804. The third kappa shape index (κ3) is 3.91. The van der Waals surface area contributed by atoms with Crippen LogP contribution in [-0.4, -0.2) is 54.0 Å². The number of carbonyl (C=O) groups excluding carboxylic acids is 1. The van der Waals surface area contributed by atoms with Crippen molar-refractivity contribution in [1.29, 1.82) is 0 Å². The van der Waals surface area contributed by atoms with Crippen LogP contribution in [0.4, 0.5) is 8.78 Å². The fraction of sp³-hybridized carbons (Fsp3) is 0.650. The van der Waals surface area contributed by atoms with Gasteiger partial charge in [0.1, 0.15) is 11.6 Å². The molecule has 3 aliphatic rings. The summed E-state index contributed by atoms with van der Waals surface area (Å²) < 4.78 is 32.9. The Morgan fingerprint density at radius 2 is 1.88 bits per heavy atom. The molecule has 4 rings (SSSR count). The van der Waals surface area contributed by atoms with Crippen molar-refractivity contribution >= 4 is 5.91 Å². The minimum atomic E-state index is -0.592. The Morgan fingerprint density at radius 1 is 1.15 bits per heavy atom. The first-order valence-electron chi connectivity index (χ1n) is 9.72. The van der Waals surface area contributed by atoms with E-state index in [1.54, 1.807) is 0 Å². The van der Waals surface area contributed by atoms with E-state index in [9.17, 15) is 13.6 Å². The van der Waals surface area contributed by atoms with Crippen molar-refractivity contribution in [2.45, 2.75) is 56.7 Å². The van der Waals surface area contributed by atoms with Crippen molar-refractivity contribution in [3.8, 4) is 0 Å². The Kier molecular flexibility index (Phi) is 5.23. The van der Waals surface area contributed by atoms with Gasteiger partial charge < -0.3 is 9.64 Å². The first-order valence-corrected chi connectivity index (χ1v) is 9.72. The van der Waals surface area contributed by atoms with Crippen molar-refractivity contribution in [2.24, 2.45) is 0 Å². The van der Waals surface area contributed by atoms with Gasteiger partial charge in [-0.05, 0) is 31.7 Å². The molecule has 1 heterocycles. The van der Waals surface area contributed by atoms with Crippen molar-refractivity contribution < 1.29 is 18.3 Å². The first-order chi connectivity index (χ1) is 12.6. The Hall–Kier alpha value is -1.53. The summed E-state index contributed by atoms with van der Waals surface area (Å²) in [5.41, 5.74) is 0.360. The van der Waals surface area contributed by atoms with Crippen LogP contribution in [0.3, 0.4) is 0 Å². The van der Waals surface area contributed by atoms with E-state index in [1.165, 1.54) is 25.0 Å². The summed E-state index contributed by atoms with van der Waals surface area (Å²) in [5.74, 6) is -0.987. The molecule has 0 aromatic heterocycles. The predicted octanol–water partition coefficient (Wildman–Crippen LogP) is 3.27. The molecule has 0 N–H and O–H groups in total. The smallest absolute Gasteiger partial charge is 0.237 e. The van der Waals surface area contributed by atoms with Gasteiger partial charge in [0.2, 0.25) is 5.91 Å². The summed E-state index contributed by atoms with van der Waals surface area (Å²) in [4.78, 5) is 17.1. The van der Waals surface area contributed by atoms with Crippen LogP contribution in [-0.2, 0) is 9.53 Å². The third-order valence-electron chi connectivity index (χ3n) is 5.77. The number of morpholine rings is 1. The molecule has 1 saturated heterocycles. The summed E-state index contributed by atoms with van der Waals surface area (Å²) in [6.07, 6.45) is 6.44. The number of rotatable bonds is 5. The second kappa shape index (κ2) is 7.61. The van der Waals surface area contributed by atoms with Gasteiger partial charge in [-0.15, -0.1) is 0 Å². The van der Waals surface area contributed by atoms with Gasteiger partial charge in [0.15, 0.2) is 0 Å². The van der Waals surface area contributed by atoms with Gasteiger partial charge in [0.05, 0.1) is 19.3 Å². The SMILES string of the molecule is O=C(CN1CCOC(c2ccc(F)cc2F)C1)N(C1CCCC1)C1CC1. The predicted molar refractivity (Wildman–Crippen MR) is 93.6 cm³/mol. The lowest BCUT2D eigenvalue weighted by Gasteiger charge is -2.36. The molecular weight excluding hydrogens is 338 g/mol. The summed E-state index contributed by atoms with van der Waals surface area (Å²) in [6, 6.07) is 4.41. The topological polar surface area (TPSA) is 32.8 Å². The first kappa shape index (κ1) is 17.9. The Balaban J connectivity index is 1.40. The molecule has 1 aromatic rings. The molecule has 1 atom stereocenters. The van der Waals surface area contributed by atoms with Crippen molar-refractivity contribution in [3.05, 3.63) is 35.4 Å². The maximum Gasteiger partial charge on any atom is 0.237 e. The van der Waals surface area contributed by atoms with E-state index in [-0.39, 0.29) is 5.91 Å². The molecule has 0 bridgehead atoms. The molecule has 0 spiro atoms. The van der Waals surface area contributed by atoms with Crippen molar-refractivity contribution in [3.63, 3.8) is 0 Å². The molecule has 142 valence electrons. The highest BCUT2D eigenvalue weighted by molar-refractivity contribution is 5.79. The third-order valence-corrected chi connectivity index (χ3v) is 5.77. The Morgan fingerprint density at radius 3 is 2.58 bits per heavy atom. The maximum absolute atomic E-state index is 14.1. The van der Waals surface area contributed by atoms with E-state index in [0.29, 0.717) is 43.9 Å². The number of halogens is 2. The van der Waals surface area contributed by atoms with Crippen molar-refractivity contribution in [1.82, 2.24) is 9.80 Å². The fourth-order valence-corrected chi connectivity index (χ4v) is 4.31. The van der Waals surface area contributed by atoms with E-state index < -0.39 is 17.7 Å². The zero-order chi connectivity index (χ0) is 18.1. The van der Waals surface area contributed by atoms with Gasteiger partial charge in [-0.25, -0.2) is 8.78 Å². The number of carbonyl (C=O) groups is 1. The number of ether oxygens (including phenoxy) is 1. The van der Waals surface area contributed by atoms with Crippen LogP contribution in [0, 0.1) is 11.6 Å². The molecule has 6 heteroatoms. The van der Waals surface area contributed by atoms with Crippen LogP contribution in [0.2, 0.25) is 0 Å². The van der Waals surface area contributed by atoms with E-state index in [0.717, 1.165) is 31.7 Å². The number of nitrogens with zero attached hydrogens (tertiary/aromatic N) is 2. The summed E-state index contributed by atoms with van der Waals surface area (Å²) >= 11 is 0. The highest BCUT2D eigenvalue weighted by Crippen LogP contribution is 2.35. The van der Waals surface area contributed by atoms with E-state index >= 15 is 0 Å². The molecular formula is C20H26F2N2O2. The minimum Gasteiger partial charge on any atom is -0.371 e. The molecule has 4 nitrogen and oxygen atoms in total. The summed E-state index contributed by atoms with van der Waals surface area (Å²) in [6.45, 7) is 1.92. The van der Waals surface area contributed by atoms with E-state index in [4.69, 9.17) is 4.74 Å². The van der Waals surface area contributed by atoms with Crippen LogP contribution in [0.15, 0.2) is 18.2 Å². The number of hydrogen-bond donors (Lipinski definition) is 0. The van der Waals surface area contributed by atoms with Gasteiger partial charge in [0, 0.05) is 36.8 Å². The van der Waals surface area contributed by atoms with Crippen LogP contribution in [0.5, 0.6) is 0 Å². The summed E-state index contributed by atoms with van der Waals surface area (Å²) in [7, 11) is 0. The zero-order valence-electron chi connectivity index (χ0n) is 15.0. The van der Waals surface area contributed by atoms with Gasteiger partial charge >= 0.3 is 0 Å². The van der Waals surface area contributed by atoms with Crippen LogP contribution < -0.4 is 0 Å². The molecule has 3 fully saturated rings. The minimum absolute atomic E-state index is 0.194. The average Bonchev–Trinajstić information content (AvgIpc) is 3.29. The molecule has 2 saturated carbocycles. The lowest BCUT2D eigenvalue weighted by molar-refractivity contribution is -0.137. The Labute approximate surface area is 153 Å². The fourth-order valence-electron chi connectivity index (χ4n) is 4.31. The van der Waals surface area contributed by atoms with Crippen LogP contribution >= 0.6 is 0 Å². The molecule has 26 heavy (non-hydrogen) atoms. The largest absolute Gasteiger partial charge is 0.371 e. The monoisotopic (exact) mass is 364 g/mol. The second-order valence-corrected chi connectivity index (χ2v) is 7.73. The van der Waals surface area contributed by atoms with Gasteiger partial charge in [-0.3, -0.25) is 9.69 Å². The normalized spacial score (nSPS) is 24.8. The van der Waals surface area contributed by atoms with Crippen molar-refractivity contribution in [2.75, 3.05) is 26.2 Å². The maximum atomic E-state index is 14.1. The number of hydrogen-bond acceptors (Lipinski definition) is 3. The van der Waals surface area contributed by atoms with Crippen LogP contribution in [0.1, 0.15) is 50.2 Å². The number of amides is 1. The average molecular weight is 364 g/mol. The molecule has 1 unspecified atom stereocenters. The molecule has 0 radical (unpaired) electrons. The van der Waals surface area contributed by atoms with Gasteiger partial charge in [-0.2, -0.15) is 0 Å². The lowest BCUT2D eigenvalue weighted by Crippen LogP contribution is -2.49. The van der Waals surface area contributed by atoms with Crippen LogP contribution in [0.25, 0.3) is 0 Å². The zero-order valence-corrected chi connectivity index (χ0v) is 15.0. The van der Waals surface area contributed by atoms with Gasteiger partial charge in [-0.1, -0.05) is 18.9 Å². The van der Waals surface area contributed by atoms with E-state index in [2.05, 4.69) is 4.90 Å². The second-order valence-electron chi connectivity index (χ2n) is 7.73. The summed E-state index contributed by atoms with van der Waals surface area (Å²) in [5, 5.41) is 0. The highest BCUT2D eigenvalue weighted by atomic mass is 19.1. The lowest BCUT2D eigenvalue weighted by atomic mass is 10.1. The van der Waals surface area contributed by atoms with Gasteiger partial charge in [0.25, 0.3) is 0 Å².